The van der Waals surface area contributed by atoms with E-state index < -0.39 is 0 Å². The molecule has 1 saturated heterocycles. The number of amides is 1. The zero-order valence-corrected chi connectivity index (χ0v) is 16.6. The standard InChI is InChI=1S/C22H23ClN4O/c1-2-21-20(14-24-27(21)19-10-6-7-16(23)13-19)22(28)26-12-11-18(15-26)25-17-8-4-3-5-9-17/h3-10,13-14,18,25H,2,11-12,15H2,1H3. The van der Waals surface area contributed by atoms with Gasteiger partial charge in [-0.1, -0.05) is 42.8 Å². The summed E-state index contributed by atoms with van der Waals surface area (Å²) in [5, 5.41) is 8.64. The molecular formula is C22H23ClN4O. The fourth-order valence-electron chi connectivity index (χ4n) is 3.73. The molecule has 1 fully saturated rings. The third kappa shape index (κ3) is 3.76. The van der Waals surface area contributed by atoms with Crippen molar-refractivity contribution >= 4 is 23.2 Å². The van der Waals surface area contributed by atoms with Crippen LogP contribution in [-0.2, 0) is 6.42 Å². The second-order valence-electron chi connectivity index (χ2n) is 7.00. The van der Waals surface area contributed by atoms with Crippen LogP contribution < -0.4 is 5.32 Å². The number of carbonyl (C=O) groups excluding carboxylic acids is 1. The number of carbonyl (C=O) groups is 1. The van der Waals surface area contributed by atoms with Crippen molar-refractivity contribution in [3.8, 4) is 5.69 Å². The van der Waals surface area contributed by atoms with Crippen LogP contribution in [-0.4, -0.2) is 39.7 Å². The molecule has 1 aliphatic heterocycles. The number of anilines is 1. The van der Waals surface area contributed by atoms with Crippen LogP contribution >= 0.6 is 11.6 Å². The van der Waals surface area contributed by atoms with Crippen LogP contribution in [0.25, 0.3) is 5.69 Å². The summed E-state index contributed by atoms with van der Waals surface area (Å²) in [5.74, 6) is 0.0440. The molecule has 144 valence electrons. The molecule has 1 aliphatic rings. The van der Waals surface area contributed by atoms with Gasteiger partial charge in [-0.25, -0.2) is 4.68 Å². The molecule has 2 aromatic carbocycles. The Bertz CT molecular complexity index is 970. The van der Waals surface area contributed by atoms with Crippen molar-refractivity contribution in [2.24, 2.45) is 0 Å². The summed E-state index contributed by atoms with van der Waals surface area (Å²) in [5.41, 5.74) is 3.54. The number of nitrogens with zero attached hydrogens (tertiary/aromatic N) is 3. The number of halogens is 1. The molecule has 1 unspecified atom stereocenters. The molecule has 0 spiro atoms. The molecule has 1 N–H and O–H groups in total. The van der Waals surface area contributed by atoms with Crippen molar-refractivity contribution in [3.05, 3.63) is 77.1 Å². The van der Waals surface area contributed by atoms with Crippen LogP contribution in [0.5, 0.6) is 0 Å². The number of nitrogens with one attached hydrogen (secondary N) is 1. The Balaban J connectivity index is 1.51. The lowest BCUT2D eigenvalue weighted by Gasteiger charge is -2.18. The van der Waals surface area contributed by atoms with Gasteiger partial charge in [0, 0.05) is 29.8 Å². The summed E-state index contributed by atoms with van der Waals surface area (Å²) in [6, 6.07) is 17.9. The van der Waals surface area contributed by atoms with Gasteiger partial charge in [0.05, 0.1) is 23.1 Å². The highest BCUT2D eigenvalue weighted by Crippen LogP contribution is 2.22. The van der Waals surface area contributed by atoms with Crippen molar-refractivity contribution in [1.29, 1.82) is 0 Å². The number of rotatable bonds is 5. The lowest BCUT2D eigenvalue weighted by atomic mass is 10.1. The molecule has 1 amide bonds. The highest BCUT2D eigenvalue weighted by molar-refractivity contribution is 6.30. The first-order chi connectivity index (χ1) is 13.7. The molecule has 1 atom stereocenters. The van der Waals surface area contributed by atoms with E-state index >= 15 is 0 Å². The Morgan fingerprint density at radius 3 is 2.79 bits per heavy atom. The molecule has 6 heteroatoms. The van der Waals surface area contributed by atoms with Crippen LogP contribution in [0.3, 0.4) is 0 Å². The number of likely N-dealkylation sites (tertiary alicyclic amines) is 1. The fraction of sp³-hybridized carbons (Fsp3) is 0.273. The highest BCUT2D eigenvalue weighted by Gasteiger charge is 2.29. The van der Waals surface area contributed by atoms with Gasteiger partial charge in [-0.3, -0.25) is 4.79 Å². The predicted molar refractivity (Wildman–Crippen MR) is 112 cm³/mol. The number of para-hydroxylation sites is 1. The summed E-state index contributed by atoms with van der Waals surface area (Å²) >= 11 is 6.12. The van der Waals surface area contributed by atoms with E-state index in [-0.39, 0.29) is 11.9 Å². The molecule has 0 saturated carbocycles. The average molecular weight is 395 g/mol. The van der Waals surface area contributed by atoms with E-state index in [9.17, 15) is 4.79 Å². The van der Waals surface area contributed by atoms with Crippen molar-refractivity contribution < 1.29 is 4.79 Å². The minimum absolute atomic E-state index is 0.0440. The monoisotopic (exact) mass is 394 g/mol. The molecule has 4 rings (SSSR count). The minimum atomic E-state index is 0.0440. The molecule has 0 bridgehead atoms. The zero-order chi connectivity index (χ0) is 19.5. The SMILES string of the molecule is CCc1c(C(=O)N2CCC(Nc3ccccc3)C2)cnn1-c1cccc(Cl)c1. The number of hydrogen-bond acceptors (Lipinski definition) is 3. The molecule has 28 heavy (non-hydrogen) atoms. The summed E-state index contributed by atoms with van der Waals surface area (Å²) < 4.78 is 1.81. The van der Waals surface area contributed by atoms with Crippen LogP contribution in [0.15, 0.2) is 60.8 Å². The van der Waals surface area contributed by atoms with E-state index in [4.69, 9.17) is 11.6 Å². The van der Waals surface area contributed by atoms with Gasteiger partial charge in [0.15, 0.2) is 0 Å². The van der Waals surface area contributed by atoms with Gasteiger partial charge in [-0.2, -0.15) is 5.10 Å². The predicted octanol–water partition coefficient (Wildman–Crippen LogP) is 4.41. The van der Waals surface area contributed by atoms with E-state index in [1.165, 1.54) is 0 Å². The van der Waals surface area contributed by atoms with Crippen molar-refractivity contribution in [2.45, 2.75) is 25.8 Å². The molecular weight excluding hydrogens is 372 g/mol. The smallest absolute Gasteiger partial charge is 0.257 e. The molecule has 5 nitrogen and oxygen atoms in total. The van der Waals surface area contributed by atoms with E-state index in [0.717, 1.165) is 30.0 Å². The quantitative estimate of drug-likeness (QED) is 0.697. The lowest BCUT2D eigenvalue weighted by molar-refractivity contribution is 0.0790. The second-order valence-corrected chi connectivity index (χ2v) is 7.43. The van der Waals surface area contributed by atoms with Crippen LogP contribution in [0.2, 0.25) is 5.02 Å². The Hall–Kier alpha value is -2.79. The topological polar surface area (TPSA) is 50.2 Å². The first kappa shape index (κ1) is 18.6. The second kappa shape index (κ2) is 8.07. The molecule has 0 aliphatic carbocycles. The van der Waals surface area contributed by atoms with E-state index in [1.54, 1.807) is 6.20 Å². The van der Waals surface area contributed by atoms with E-state index in [1.807, 2.05) is 59.0 Å². The highest BCUT2D eigenvalue weighted by atomic mass is 35.5. The molecule has 2 heterocycles. The Morgan fingerprint density at radius 2 is 2.04 bits per heavy atom. The summed E-state index contributed by atoms with van der Waals surface area (Å²) in [6.45, 7) is 3.48. The first-order valence-electron chi connectivity index (χ1n) is 9.59. The maximum absolute atomic E-state index is 13.2. The molecule has 3 aromatic rings. The lowest BCUT2D eigenvalue weighted by Crippen LogP contribution is -2.32. The fourth-order valence-corrected chi connectivity index (χ4v) is 3.91. The van der Waals surface area contributed by atoms with Crippen LogP contribution in [0.4, 0.5) is 5.69 Å². The number of aromatic nitrogens is 2. The Kier molecular flexibility index (Phi) is 5.35. The maximum Gasteiger partial charge on any atom is 0.257 e. The Morgan fingerprint density at radius 1 is 1.21 bits per heavy atom. The van der Waals surface area contributed by atoms with Crippen molar-refractivity contribution in [3.63, 3.8) is 0 Å². The summed E-state index contributed by atoms with van der Waals surface area (Å²) in [6.07, 6.45) is 3.33. The third-order valence-corrected chi connectivity index (χ3v) is 5.34. The summed E-state index contributed by atoms with van der Waals surface area (Å²) in [4.78, 5) is 15.1. The maximum atomic E-state index is 13.2. The van der Waals surface area contributed by atoms with Gasteiger partial charge in [-0.05, 0) is 43.2 Å². The zero-order valence-electron chi connectivity index (χ0n) is 15.8. The minimum Gasteiger partial charge on any atom is -0.380 e. The van der Waals surface area contributed by atoms with Gasteiger partial charge >= 0.3 is 0 Å². The van der Waals surface area contributed by atoms with E-state index in [0.29, 0.717) is 23.6 Å². The first-order valence-corrected chi connectivity index (χ1v) is 9.97. The van der Waals surface area contributed by atoms with E-state index in [2.05, 4.69) is 22.5 Å². The van der Waals surface area contributed by atoms with Gasteiger partial charge in [-0.15, -0.1) is 0 Å². The average Bonchev–Trinajstić information content (AvgIpc) is 3.35. The normalized spacial score (nSPS) is 16.4. The van der Waals surface area contributed by atoms with Gasteiger partial charge in [0.25, 0.3) is 5.91 Å². The number of benzene rings is 2. The number of hydrogen-bond donors (Lipinski definition) is 1. The third-order valence-electron chi connectivity index (χ3n) is 5.11. The Labute approximate surface area is 169 Å². The van der Waals surface area contributed by atoms with Gasteiger partial charge in [0.2, 0.25) is 0 Å². The van der Waals surface area contributed by atoms with Crippen molar-refractivity contribution in [1.82, 2.24) is 14.7 Å². The van der Waals surface area contributed by atoms with Gasteiger partial charge in [0.1, 0.15) is 0 Å². The molecule has 0 radical (unpaired) electrons. The van der Waals surface area contributed by atoms with Crippen molar-refractivity contribution in [2.75, 3.05) is 18.4 Å². The van der Waals surface area contributed by atoms with Crippen LogP contribution in [0.1, 0.15) is 29.4 Å². The largest absolute Gasteiger partial charge is 0.380 e. The van der Waals surface area contributed by atoms with Crippen LogP contribution in [0, 0.1) is 0 Å². The molecule has 1 aromatic heterocycles. The van der Waals surface area contributed by atoms with Gasteiger partial charge < -0.3 is 10.2 Å². The summed E-state index contributed by atoms with van der Waals surface area (Å²) in [7, 11) is 0.